The lowest BCUT2D eigenvalue weighted by atomic mass is 9.99. The summed E-state index contributed by atoms with van der Waals surface area (Å²) in [5.74, 6) is 1.48. The first-order valence-corrected chi connectivity index (χ1v) is 32.6. The number of rotatable bonds is 12. The van der Waals surface area contributed by atoms with Crippen molar-refractivity contribution < 1.29 is 44.0 Å². The minimum absolute atomic E-state index is 0.0377. The number of imidazole rings is 2. The van der Waals surface area contributed by atoms with E-state index in [0.717, 1.165) is 47.8 Å². The van der Waals surface area contributed by atoms with Gasteiger partial charge in [0, 0.05) is 133 Å². The van der Waals surface area contributed by atoms with E-state index in [1.165, 1.54) is 53.2 Å². The Bertz CT molecular complexity index is 4070. The van der Waals surface area contributed by atoms with Crippen LogP contribution in [0.5, 0.6) is 0 Å². The number of carbonyl (C=O) groups excluding carboxylic acids is 2. The molecule has 0 radical (unpaired) electrons. The number of fused-ring (bicyclic) bond motifs is 4. The second-order valence-electron chi connectivity index (χ2n) is 21.9. The second-order valence-corrected chi connectivity index (χ2v) is 27.0. The Balaban J connectivity index is 0.000000174. The Morgan fingerprint density at radius 2 is 1.02 bits per heavy atom. The highest BCUT2D eigenvalue weighted by Crippen LogP contribution is 2.43. The molecule has 12 rings (SSSR count). The molecule has 86 heavy (non-hydrogen) atoms. The van der Waals surface area contributed by atoms with Crippen LogP contribution in [0, 0.1) is 0 Å². The summed E-state index contributed by atoms with van der Waals surface area (Å²) < 4.78 is 108. The number of hydrogen-bond donors (Lipinski definition) is 1. The van der Waals surface area contributed by atoms with Gasteiger partial charge in [0.2, 0.25) is 30.9 Å². The van der Waals surface area contributed by atoms with E-state index < -0.39 is 38.0 Å². The van der Waals surface area contributed by atoms with Crippen molar-refractivity contribution in [1.29, 1.82) is 0 Å². The molecule has 6 aromatic heterocycles. The number of likely N-dealkylation sites (N-methyl/N-ethyl adjacent to an activating group) is 2. The largest absolute Gasteiger partial charge is 0.338 e. The molecule has 0 bridgehead atoms. The van der Waals surface area contributed by atoms with E-state index in [1.54, 1.807) is 80.3 Å². The summed E-state index contributed by atoms with van der Waals surface area (Å²) in [5, 5.41) is 12.6. The van der Waals surface area contributed by atoms with Crippen LogP contribution in [-0.2, 0) is 55.8 Å². The third-order valence-electron chi connectivity index (χ3n) is 16.0. The van der Waals surface area contributed by atoms with E-state index in [9.17, 15) is 44.0 Å². The highest BCUT2D eigenvalue weighted by molar-refractivity contribution is 8.13. The number of sulfonamides is 1. The number of alkyl halides is 4. The fourth-order valence-electron chi connectivity index (χ4n) is 11.3. The van der Waals surface area contributed by atoms with Gasteiger partial charge in [0.1, 0.15) is 23.7 Å². The van der Waals surface area contributed by atoms with E-state index in [2.05, 4.69) is 61.8 Å². The molecule has 2 unspecified atom stereocenters. The van der Waals surface area contributed by atoms with Crippen molar-refractivity contribution in [3.8, 4) is 45.0 Å². The maximum atomic E-state index is 14.3. The predicted molar refractivity (Wildman–Crippen MR) is 322 cm³/mol. The minimum Gasteiger partial charge on any atom is -0.338 e. The summed E-state index contributed by atoms with van der Waals surface area (Å²) >= 11 is 0. The molecule has 2 amide bonds. The molecular formula is C58H70ClF4N15O6S2. The number of nitrogens with zero attached hydrogens (tertiary/aromatic N) is 14. The van der Waals surface area contributed by atoms with Crippen molar-refractivity contribution in [3.63, 3.8) is 0 Å². The maximum Gasteiger partial charge on any atom is 0.265 e. The zero-order valence-electron chi connectivity index (χ0n) is 49.7. The summed E-state index contributed by atoms with van der Waals surface area (Å²) in [6.45, 7) is 16.6. The molecular weight excluding hydrogens is 1180 g/mol. The normalized spacial score (nSPS) is 17.5. The van der Waals surface area contributed by atoms with Gasteiger partial charge in [0.15, 0.2) is 0 Å². The molecule has 8 aromatic rings. The molecule has 0 aliphatic carbocycles. The van der Waals surface area contributed by atoms with Gasteiger partial charge in [0.25, 0.3) is 12.9 Å². The van der Waals surface area contributed by atoms with Gasteiger partial charge in [-0.25, -0.2) is 58.6 Å². The van der Waals surface area contributed by atoms with Crippen molar-refractivity contribution in [3.05, 3.63) is 107 Å². The molecule has 2 aromatic carbocycles. The Morgan fingerprint density at radius 1 is 0.628 bits per heavy atom. The van der Waals surface area contributed by atoms with E-state index in [0.29, 0.717) is 56.6 Å². The third kappa shape index (κ3) is 12.9. The maximum absolute atomic E-state index is 14.3. The number of hydrogen-bond acceptors (Lipinski definition) is 14. The molecule has 0 saturated carbocycles. The standard InChI is InChI=1S/C26H27F2N7O3S.C25H25F2N7O.C6H15N.CH3ClO2S/c1-14-26(36)32(2)13-21-23(31-25(35(14)21)16-11-34(12-16)39(4,37)38)17-6-5-7-20-18(17)8-19(24(27)28)22(30-20)15-9-29-33(3)10-15;1-13-25(35)32(2)12-20-22(31-24(34(13)20)14-8-28-9-14)16-5-4-6-19-17(16)7-18(23(26)27)21(30-19)15-10-29-33(3)11-15;1-4-7(5-2)6-3;1-5(2,3)4/h5-10,14,16,24H,11-13H2,1-4H3;4-7,10-11,13-14,23,28H,8-9,12H2,1-3H3;4-6H2,1-3H3;1H3. The van der Waals surface area contributed by atoms with Crippen LogP contribution in [0.4, 0.5) is 17.6 Å². The monoisotopic (exact) mass is 1250 g/mol. The predicted octanol–water partition coefficient (Wildman–Crippen LogP) is 8.52. The molecule has 1 N–H and O–H groups in total. The zero-order valence-corrected chi connectivity index (χ0v) is 52.1. The molecule has 0 spiro atoms. The highest BCUT2D eigenvalue weighted by atomic mass is 35.7. The van der Waals surface area contributed by atoms with Crippen LogP contribution in [0.15, 0.2) is 73.3 Å². The van der Waals surface area contributed by atoms with Crippen LogP contribution in [0.1, 0.15) is 106 Å². The number of amides is 2. The quantitative estimate of drug-likeness (QED) is 0.0894. The molecule has 2 atom stereocenters. The van der Waals surface area contributed by atoms with Crippen molar-refractivity contribution in [2.24, 2.45) is 14.1 Å². The van der Waals surface area contributed by atoms with Gasteiger partial charge in [-0.15, -0.1) is 0 Å². The van der Waals surface area contributed by atoms with Crippen LogP contribution in [0.3, 0.4) is 0 Å². The zero-order chi connectivity index (χ0) is 62.4. The van der Waals surface area contributed by atoms with Crippen molar-refractivity contribution in [1.82, 2.24) is 73.0 Å². The smallest absolute Gasteiger partial charge is 0.265 e. The Hall–Kier alpha value is -7.17. The van der Waals surface area contributed by atoms with E-state index in [1.807, 2.05) is 40.3 Å². The van der Waals surface area contributed by atoms with Crippen LogP contribution in [-0.4, -0.2) is 169 Å². The number of nitrogens with one attached hydrogen (secondary N) is 1. The summed E-state index contributed by atoms with van der Waals surface area (Å²) in [6.07, 6.45) is 3.01. The first-order chi connectivity index (χ1) is 40.6. The van der Waals surface area contributed by atoms with Crippen molar-refractivity contribution in [2.45, 2.75) is 84.5 Å². The topological polar surface area (TPSA) is 224 Å². The first kappa shape index (κ1) is 63.3. The molecule has 460 valence electrons. The van der Waals surface area contributed by atoms with Gasteiger partial charge in [-0.05, 0) is 57.7 Å². The average molecular weight is 1250 g/mol. The number of aryl methyl sites for hydroxylation is 2. The minimum atomic E-state index is -3.34. The Kier molecular flexibility index (Phi) is 18.6. The van der Waals surface area contributed by atoms with E-state index in [4.69, 9.17) is 9.97 Å². The van der Waals surface area contributed by atoms with Gasteiger partial charge < -0.3 is 29.2 Å². The SMILES string of the molecule is CC1C(=O)N(C)Cc2c(-c3cccc4nc(-c5cnn(C)c5)c(C(F)F)cc34)nc(C3CN(S(C)(=O)=O)C3)n21.CC1C(=O)N(C)Cc2c(-c3cccc4nc(-c5cnn(C)c5)c(C(F)F)cc34)nc(C3CNC3)n21.CCN(CC)CC.CS(=O)(=O)Cl. The van der Waals surface area contributed by atoms with Gasteiger partial charge in [0.05, 0.1) is 83.2 Å². The fourth-order valence-corrected chi connectivity index (χ4v) is 12.2. The van der Waals surface area contributed by atoms with Crippen LogP contribution < -0.4 is 5.32 Å². The molecule has 2 fully saturated rings. The Labute approximate surface area is 501 Å². The first-order valence-electron chi connectivity index (χ1n) is 28.0. The molecule has 28 heteroatoms. The lowest BCUT2D eigenvalue weighted by Gasteiger charge is -2.38. The fraction of sp³-hybridized carbons (Fsp3) is 0.448. The van der Waals surface area contributed by atoms with Gasteiger partial charge >= 0.3 is 0 Å². The van der Waals surface area contributed by atoms with Crippen LogP contribution in [0.2, 0.25) is 0 Å². The van der Waals surface area contributed by atoms with Gasteiger partial charge in [-0.1, -0.05) is 45.0 Å². The second kappa shape index (κ2) is 25.3. The number of carbonyl (C=O) groups is 2. The molecule has 4 aliphatic rings. The lowest BCUT2D eigenvalue weighted by Crippen LogP contribution is -2.49. The van der Waals surface area contributed by atoms with Crippen LogP contribution in [0.25, 0.3) is 66.8 Å². The average Bonchev–Trinajstić information content (AvgIpc) is 1.58. The van der Waals surface area contributed by atoms with Crippen molar-refractivity contribution >= 4 is 63.4 Å². The molecule has 4 aliphatic heterocycles. The molecule has 21 nitrogen and oxygen atoms in total. The summed E-state index contributed by atoms with van der Waals surface area (Å²) in [7, 11) is 4.92. The number of aromatic nitrogens is 10. The lowest BCUT2D eigenvalue weighted by molar-refractivity contribution is -0.136. The summed E-state index contributed by atoms with van der Waals surface area (Å²) in [4.78, 5) is 50.6. The Morgan fingerprint density at radius 3 is 1.34 bits per heavy atom. The number of halogens is 5. The van der Waals surface area contributed by atoms with Gasteiger partial charge in [-0.3, -0.25) is 19.0 Å². The van der Waals surface area contributed by atoms with Crippen LogP contribution >= 0.6 is 10.7 Å². The summed E-state index contributed by atoms with van der Waals surface area (Å²) in [6, 6.07) is 13.1. The number of pyridine rings is 2. The third-order valence-corrected chi connectivity index (χ3v) is 17.2. The molecule has 10 heterocycles. The van der Waals surface area contributed by atoms with Gasteiger partial charge in [-0.2, -0.15) is 10.2 Å². The number of benzene rings is 2. The van der Waals surface area contributed by atoms with E-state index >= 15 is 0 Å². The van der Waals surface area contributed by atoms with E-state index in [-0.39, 0.29) is 71.8 Å². The van der Waals surface area contributed by atoms with Crippen molar-refractivity contribution in [2.75, 3.05) is 72.4 Å². The molecule has 2 saturated heterocycles. The highest BCUT2D eigenvalue weighted by Gasteiger charge is 2.42. The summed E-state index contributed by atoms with van der Waals surface area (Å²) in [5.41, 5.74) is 6.59.